The van der Waals surface area contributed by atoms with Crippen LogP contribution in [-0.4, -0.2) is 32.9 Å². The van der Waals surface area contributed by atoms with E-state index < -0.39 is 14.0 Å². The molecule has 4 nitrogen and oxygen atoms in total. The standard InChI is InChI=1S/C21H16N2O2SSe/c24-26(25)20(27-16-9-2-1-3-10-16)17-11-5-4-8-15(17)14-23-19-13-7-6-12-18(19)22-21(23)26/h1-13,20H,14H2. The Kier molecular flexibility index (Phi) is 3.93. The summed E-state index contributed by atoms with van der Waals surface area (Å²) >= 11 is -0.260. The molecular formula is C21H16N2O2SSe. The molecule has 0 fully saturated rings. The van der Waals surface area contributed by atoms with E-state index in [-0.39, 0.29) is 20.1 Å². The average molecular weight is 439 g/mol. The van der Waals surface area contributed by atoms with Gasteiger partial charge in [0.15, 0.2) is 0 Å². The fourth-order valence-corrected chi connectivity index (χ4v) is 8.94. The van der Waals surface area contributed by atoms with Crippen molar-refractivity contribution in [1.29, 1.82) is 0 Å². The van der Waals surface area contributed by atoms with Gasteiger partial charge in [0.25, 0.3) is 0 Å². The first-order chi connectivity index (χ1) is 13.1. The molecule has 134 valence electrons. The van der Waals surface area contributed by atoms with E-state index in [2.05, 4.69) is 4.98 Å². The van der Waals surface area contributed by atoms with Gasteiger partial charge in [0.05, 0.1) is 0 Å². The topological polar surface area (TPSA) is 52.0 Å². The quantitative estimate of drug-likeness (QED) is 0.452. The molecule has 0 spiro atoms. The molecule has 1 aliphatic heterocycles. The van der Waals surface area contributed by atoms with Gasteiger partial charge in [0.1, 0.15) is 0 Å². The summed E-state index contributed by atoms with van der Waals surface area (Å²) in [6.07, 6.45) is 0. The summed E-state index contributed by atoms with van der Waals surface area (Å²) < 4.78 is 29.7. The summed E-state index contributed by atoms with van der Waals surface area (Å²) in [6.45, 7) is 0.520. The molecule has 0 amide bonds. The normalized spacial score (nSPS) is 17.9. The second kappa shape index (κ2) is 6.34. The number of benzene rings is 3. The monoisotopic (exact) mass is 440 g/mol. The van der Waals surface area contributed by atoms with Crippen molar-refractivity contribution < 1.29 is 8.42 Å². The van der Waals surface area contributed by atoms with Crippen LogP contribution in [0.15, 0.2) is 84.0 Å². The molecule has 1 aliphatic rings. The first kappa shape index (κ1) is 16.7. The van der Waals surface area contributed by atoms with E-state index in [0.29, 0.717) is 6.54 Å². The predicted molar refractivity (Wildman–Crippen MR) is 107 cm³/mol. The van der Waals surface area contributed by atoms with Crippen LogP contribution >= 0.6 is 0 Å². The second-order valence-corrected chi connectivity index (χ2v) is 11.5. The van der Waals surface area contributed by atoms with Crippen LogP contribution in [0.1, 0.15) is 15.3 Å². The molecule has 1 unspecified atom stereocenters. The van der Waals surface area contributed by atoms with Gasteiger partial charge in [-0.25, -0.2) is 0 Å². The van der Waals surface area contributed by atoms with Crippen molar-refractivity contribution in [3.05, 3.63) is 90.0 Å². The molecule has 0 saturated heterocycles. The molecule has 1 aromatic heterocycles. The Morgan fingerprint density at radius 1 is 0.889 bits per heavy atom. The van der Waals surface area contributed by atoms with Crippen molar-refractivity contribution in [2.45, 2.75) is 15.8 Å². The molecule has 0 radical (unpaired) electrons. The Morgan fingerprint density at radius 3 is 2.44 bits per heavy atom. The van der Waals surface area contributed by atoms with Crippen molar-refractivity contribution in [2.75, 3.05) is 0 Å². The van der Waals surface area contributed by atoms with Crippen LogP contribution in [0.5, 0.6) is 0 Å². The Morgan fingerprint density at radius 2 is 1.59 bits per heavy atom. The van der Waals surface area contributed by atoms with Crippen molar-refractivity contribution in [1.82, 2.24) is 9.55 Å². The molecule has 5 rings (SSSR count). The van der Waals surface area contributed by atoms with Crippen LogP contribution in [-0.2, 0) is 16.4 Å². The second-order valence-electron chi connectivity index (χ2n) is 6.48. The van der Waals surface area contributed by atoms with Crippen molar-refractivity contribution >= 4 is 40.3 Å². The van der Waals surface area contributed by atoms with Gasteiger partial charge >= 0.3 is 164 Å². The molecule has 4 aromatic rings. The van der Waals surface area contributed by atoms with E-state index in [9.17, 15) is 8.42 Å². The third-order valence-electron chi connectivity index (χ3n) is 4.78. The Labute approximate surface area is 163 Å². The van der Waals surface area contributed by atoms with Gasteiger partial charge in [-0.1, -0.05) is 0 Å². The molecule has 3 aromatic carbocycles. The number of fused-ring (bicyclic) bond motifs is 4. The molecule has 0 aliphatic carbocycles. The number of nitrogens with zero attached hydrogens (tertiary/aromatic N) is 2. The number of rotatable bonds is 2. The van der Waals surface area contributed by atoms with Crippen LogP contribution in [0, 0.1) is 0 Å². The van der Waals surface area contributed by atoms with Crippen LogP contribution in [0.2, 0.25) is 0 Å². The first-order valence-electron chi connectivity index (χ1n) is 8.63. The third kappa shape index (κ3) is 2.72. The zero-order valence-corrected chi connectivity index (χ0v) is 16.8. The predicted octanol–water partition coefficient (Wildman–Crippen LogP) is 2.90. The van der Waals surface area contributed by atoms with Crippen molar-refractivity contribution in [3.63, 3.8) is 0 Å². The van der Waals surface area contributed by atoms with Gasteiger partial charge in [-0.3, -0.25) is 0 Å². The van der Waals surface area contributed by atoms with Crippen molar-refractivity contribution in [2.24, 2.45) is 0 Å². The zero-order valence-electron chi connectivity index (χ0n) is 14.3. The summed E-state index contributed by atoms with van der Waals surface area (Å²) in [5.41, 5.74) is 3.53. The summed E-state index contributed by atoms with van der Waals surface area (Å²) in [5, 5.41) is 0.183. The van der Waals surface area contributed by atoms with Gasteiger partial charge in [-0.05, 0) is 0 Å². The van der Waals surface area contributed by atoms with E-state index in [1.54, 1.807) is 0 Å². The fourth-order valence-electron chi connectivity index (χ4n) is 3.51. The Hall–Kier alpha value is -2.40. The SMILES string of the molecule is O=S1(=O)c2nc3ccccc3n2Cc2ccccc2C1[Se]c1ccccc1. The molecule has 27 heavy (non-hydrogen) atoms. The maximum atomic E-state index is 13.7. The summed E-state index contributed by atoms with van der Waals surface area (Å²) in [5.74, 6) is 0. The molecule has 0 N–H and O–H groups in total. The van der Waals surface area contributed by atoms with E-state index in [1.165, 1.54) is 0 Å². The number of sulfone groups is 1. The molecular weight excluding hydrogens is 423 g/mol. The summed E-state index contributed by atoms with van der Waals surface area (Å²) in [7, 11) is -3.61. The number of para-hydroxylation sites is 2. The molecule has 0 saturated carbocycles. The molecule has 6 heteroatoms. The van der Waals surface area contributed by atoms with Gasteiger partial charge in [-0.15, -0.1) is 0 Å². The summed E-state index contributed by atoms with van der Waals surface area (Å²) in [4.78, 5) is 4.53. The zero-order chi connectivity index (χ0) is 18.4. The van der Waals surface area contributed by atoms with Gasteiger partial charge in [0, 0.05) is 0 Å². The minimum absolute atomic E-state index is 0.183. The molecule has 1 atom stereocenters. The number of imidazole rings is 1. The van der Waals surface area contributed by atoms with Crippen molar-refractivity contribution in [3.8, 4) is 0 Å². The van der Waals surface area contributed by atoms with Gasteiger partial charge < -0.3 is 0 Å². The number of aromatic nitrogens is 2. The van der Waals surface area contributed by atoms with Crippen LogP contribution in [0.25, 0.3) is 11.0 Å². The van der Waals surface area contributed by atoms with Gasteiger partial charge in [-0.2, -0.15) is 0 Å². The van der Waals surface area contributed by atoms with E-state index >= 15 is 0 Å². The van der Waals surface area contributed by atoms with E-state index in [4.69, 9.17) is 0 Å². The minimum atomic E-state index is -3.61. The maximum absolute atomic E-state index is 13.7. The Bertz CT molecular complexity index is 1250. The van der Waals surface area contributed by atoms with E-state index in [0.717, 1.165) is 26.6 Å². The molecule has 2 heterocycles. The average Bonchev–Trinajstić information content (AvgIpc) is 3.03. The fraction of sp³-hybridized carbons (Fsp3) is 0.0952. The van der Waals surface area contributed by atoms with Crippen LogP contribution in [0.4, 0.5) is 0 Å². The molecule has 0 bridgehead atoms. The number of hydrogen-bond acceptors (Lipinski definition) is 3. The summed E-state index contributed by atoms with van der Waals surface area (Å²) in [6, 6.07) is 25.4. The number of hydrogen-bond donors (Lipinski definition) is 0. The first-order valence-corrected chi connectivity index (χ1v) is 12.0. The van der Waals surface area contributed by atoms with Crippen LogP contribution in [0.3, 0.4) is 0 Å². The Balaban J connectivity index is 1.77. The van der Waals surface area contributed by atoms with Gasteiger partial charge in [0.2, 0.25) is 0 Å². The van der Waals surface area contributed by atoms with E-state index in [1.807, 2.05) is 83.4 Å². The third-order valence-corrected chi connectivity index (χ3v) is 10.6. The van der Waals surface area contributed by atoms with Crippen LogP contribution < -0.4 is 4.46 Å².